The van der Waals surface area contributed by atoms with Crippen LogP contribution < -0.4 is 0 Å². The lowest BCUT2D eigenvalue weighted by Crippen LogP contribution is -2.15. The Labute approximate surface area is 332 Å². The lowest BCUT2D eigenvalue weighted by molar-refractivity contribution is 0.666. The summed E-state index contributed by atoms with van der Waals surface area (Å²) in [7, 11) is 0. The van der Waals surface area contributed by atoms with Gasteiger partial charge in [-0.25, -0.2) is 9.97 Å². The van der Waals surface area contributed by atoms with E-state index in [4.69, 9.17) is 9.97 Å². The maximum Gasteiger partial charge on any atom is 0.161 e. The number of hydrogen-bond acceptors (Lipinski definition) is 2. The van der Waals surface area contributed by atoms with Crippen molar-refractivity contribution in [3.05, 3.63) is 205 Å². The highest BCUT2D eigenvalue weighted by atomic mass is 14.9. The summed E-state index contributed by atoms with van der Waals surface area (Å²) in [5, 5.41) is 7.29. The van der Waals surface area contributed by atoms with E-state index in [0.717, 1.165) is 39.0 Å². The summed E-state index contributed by atoms with van der Waals surface area (Å²) in [6.45, 7) is 4.75. The number of nitrogens with zero attached hydrogens (tertiary/aromatic N) is 2. The smallest absolute Gasteiger partial charge is 0.161 e. The number of benzene rings is 9. The van der Waals surface area contributed by atoms with Gasteiger partial charge in [0, 0.05) is 22.1 Å². The summed E-state index contributed by atoms with van der Waals surface area (Å²) in [5.74, 6) is 0.709. The van der Waals surface area contributed by atoms with Gasteiger partial charge in [-0.2, -0.15) is 0 Å². The molecule has 1 aromatic heterocycles. The Morgan fingerprint density at radius 3 is 1.74 bits per heavy atom. The first kappa shape index (κ1) is 33.2. The predicted molar refractivity (Wildman–Crippen MR) is 239 cm³/mol. The van der Waals surface area contributed by atoms with Gasteiger partial charge < -0.3 is 0 Å². The molecule has 2 heteroatoms. The molecule has 0 amide bonds. The van der Waals surface area contributed by atoms with Crippen molar-refractivity contribution in [3.63, 3.8) is 0 Å². The third kappa shape index (κ3) is 5.40. The van der Waals surface area contributed by atoms with Gasteiger partial charge in [-0.15, -0.1) is 0 Å². The topological polar surface area (TPSA) is 25.8 Å². The maximum absolute atomic E-state index is 5.39. The van der Waals surface area contributed by atoms with Crippen LogP contribution in [0.15, 0.2) is 194 Å². The molecule has 0 spiro atoms. The second-order valence-electron chi connectivity index (χ2n) is 15.7. The van der Waals surface area contributed by atoms with Gasteiger partial charge >= 0.3 is 0 Å². The monoisotopic (exact) mass is 726 g/mol. The molecule has 10 aromatic rings. The van der Waals surface area contributed by atoms with E-state index >= 15 is 0 Å². The van der Waals surface area contributed by atoms with Crippen LogP contribution in [0.3, 0.4) is 0 Å². The average Bonchev–Trinajstić information content (AvgIpc) is 3.51. The zero-order valence-electron chi connectivity index (χ0n) is 31.9. The van der Waals surface area contributed by atoms with Crippen molar-refractivity contribution >= 4 is 32.3 Å². The Bertz CT molecular complexity index is 3210. The Morgan fingerprint density at radius 2 is 0.912 bits per heavy atom. The lowest BCUT2D eigenvalue weighted by Gasteiger charge is -2.24. The van der Waals surface area contributed by atoms with Gasteiger partial charge in [-0.05, 0) is 101 Å². The van der Waals surface area contributed by atoms with E-state index in [9.17, 15) is 0 Å². The first-order valence-corrected chi connectivity index (χ1v) is 19.7. The van der Waals surface area contributed by atoms with Crippen molar-refractivity contribution in [2.75, 3.05) is 0 Å². The van der Waals surface area contributed by atoms with Crippen LogP contribution in [0.25, 0.3) is 99.6 Å². The normalized spacial score (nSPS) is 12.9. The molecular weight excluding hydrogens is 689 g/mol. The van der Waals surface area contributed by atoms with Crippen LogP contribution >= 0.6 is 0 Å². The van der Waals surface area contributed by atoms with Crippen molar-refractivity contribution < 1.29 is 0 Å². The first-order valence-electron chi connectivity index (χ1n) is 19.7. The SMILES string of the molecule is CC1(C)c2cc(-c3ccc(-c4nc(-c5cccc(-c6ccccc6)c5)cc(-c5cccc6ccccc56)n4)c4ccccc34)ccc2-c2ccc3ccccc3c21. The highest BCUT2D eigenvalue weighted by molar-refractivity contribution is 6.06. The van der Waals surface area contributed by atoms with Crippen molar-refractivity contribution in [2.45, 2.75) is 19.3 Å². The van der Waals surface area contributed by atoms with E-state index in [0.29, 0.717) is 5.82 Å². The Kier molecular flexibility index (Phi) is 7.55. The Hall–Kier alpha value is -7.16. The molecule has 0 unspecified atom stereocenters. The fraction of sp³-hybridized carbons (Fsp3) is 0.0545. The molecule has 2 nitrogen and oxygen atoms in total. The van der Waals surface area contributed by atoms with Crippen molar-refractivity contribution in [1.29, 1.82) is 0 Å². The van der Waals surface area contributed by atoms with E-state index in [1.165, 1.54) is 65.9 Å². The molecule has 11 rings (SSSR count). The highest BCUT2D eigenvalue weighted by Crippen LogP contribution is 2.52. The van der Waals surface area contributed by atoms with E-state index < -0.39 is 0 Å². The summed E-state index contributed by atoms with van der Waals surface area (Å²) in [6, 6.07) is 70.1. The molecule has 0 radical (unpaired) electrons. The summed E-state index contributed by atoms with van der Waals surface area (Å²) in [4.78, 5) is 10.8. The predicted octanol–water partition coefficient (Wildman–Crippen LogP) is 14.6. The number of hydrogen-bond donors (Lipinski definition) is 0. The zero-order chi connectivity index (χ0) is 38.1. The highest BCUT2D eigenvalue weighted by Gasteiger charge is 2.37. The quantitative estimate of drug-likeness (QED) is 0.176. The molecule has 57 heavy (non-hydrogen) atoms. The third-order valence-corrected chi connectivity index (χ3v) is 12.1. The molecule has 1 heterocycles. The summed E-state index contributed by atoms with van der Waals surface area (Å²) < 4.78 is 0. The summed E-state index contributed by atoms with van der Waals surface area (Å²) in [6.07, 6.45) is 0. The van der Waals surface area contributed by atoms with Gasteiger partial charge in [0.1, 0.15) is 0 Å². The Balaban J connectivity index is 1.08. The molecule has 0 aliphatic heterocycles. The number of fused-ring (bicyclic) bond motifs is 7. The third-order valence-electron chi connectivity index (χ3n) is 12.1. The van der Waals surface area contributed by atoms with Gasteiger partial charge in [-0.1, -0.05) is 184 Å². The molecule has 9 aromatic carbocycles. The minimum absolute atomic E-state index is 0.138. The molecule has 0 saturated heterocycles. The van der Waals surface area contributed by atoms with E-state index in [1.807, 2.05) is 0 Å². The largest absolute Gasteiger partial charge is 0.228 e. The van der Waals surface area contributed by atoms with Gasteiger partial charge in [0.15, 0.2) is 5.82 Å². The minimum Gasteiger partial charge on any atom is -0.228 e. The first-order chi connectivity index (χ1) is 28.0. The van der Waals surface area contributed by atoms with Crippen LogP contribution in [-0.4, -0.2) is 9.97 Å². The van der Waals surface area contributed by atoms with Gasteiger partial charge in [-0.3, -0.25) is 0 Å². The van der Waals surface area contributed by atoms with Crippen LogP contribution in [0, 0.1) is 0 Å². The molecule has 1 aliphatic rings. The second-order valence-corrected chi connectivity index (χ2v) is 15.7. The van der Waals surface area contributed by atoms with Gasteiger partial charge in [0.05, 0.1) is 11.4 Å². The standard InChI is InChI=1S/C55H38N2/c1-55(2)50-33-39(27-28-46(50)48-29-26-37-17-7-9-22-43(37)53(48)55)42-30-31-49(45-24-11-10-23-44(42)45)54-56-51(40-20-12-19-38(32-40)35-14-4-3-5-15-35)34-52(57-54)47-25-13-18-36-16-6-8-21-41(36)47/h3-34H,1-2H3. The van der Waals surface area contributed by atoms with Crippen molar-refractivity contribution in [3.8, 4) is 67.3 Å². The van der Waals surface area contributed by atoms with Crippen LogP contribution in [0.5, 0.6) is 0 Å². The lowest BCUT2D eigenvalue weighted by atomic mass is 9.79. The van der Waals surface area contributed by atoms with Crippen LogP contribution in [-0.2, 0) is 5.41 Å². The molecule has 0 fully saturated rings. The van der Waals surface area contributed by atoms with E-state index in [1.54, 1.807) is 0 Å². The van der Waals surface area contributed by atoms with Crippen molar-refractivity contribution in [2.24, 2.45) is 0 Å². The average molecular weight is 727 g/mol. The minimum atomic E-state index is -0.138. The fourth-order valence-corrected chi connectivity index (χ4v) is 9.30. The van der Waals surface area contributed by atoms with Crippen LogP contribution in [0.2, 0.25) is 0 Å². The van der Waals surface area contributed by atoms with E-state index in [2.05, 4.69) is 208 Å². The summed E-state index contributed by atoms with van der Waals surface area (Å²) >= 11 is 0. The maximum atomic E-state index is 5.39. The molecule has 0 atom stereocenters. The van der Waals surface area contributed by atoms with Crippen LogP contribution in [0.1, 0.15) is 25.0 Å². The van der Waals surface area contributed by atoms with Gasteiger partial charge in [0.2, 0.25) is 0 Å². The van der Waals surface area contributed by atoms with Gasteiger partial charge in [0.25, 0.3) is 0 Å². The molecule has 0 bridgehead atoms. The molecule has 268 valence electrons. The molecule has 0 saturated carbocycles. The van der Waals surface area contributed by atoms with E-state index in [-0.39, 0.29) is 5.41 Å². The van der Waals surface area contributed by atoms with Crippen LogP contribution in [0.4, 0.5) is 0 Å². The van der Waals surface area contributed by atoms with Crippen molar-refractivity contribution in [1.82, 2.24) is 9.97 Å². The second kappa shape index (κ2) is 13.0. The Morgan fingerprint density at radius 1 is 0.333 bits per heavy atom. The zero-order valence-corrected chi connectivity index (χ0v) is 31.9. The fourth-order valence-electron chi connectivity index (χ4n) is 9.30. The molecular formula is C55H38N2. The number of aromatic nitrogens is 2. The molecule has 0 N–H and O–H groups in total. The number of rotatable bonds is 5. The summed E-state index contributed by atoms with van der Waals surface area (Å²) in [5.41, 5.74) is 15.0. The molecule has 1 aliphatic carbocycles.